The molecule has 0 bridgehead atoms. The molecular formula is C17H14O2S. The Hall–Kier alpha value is -2.13. The average molecular weight is 282 g/mol. The summed E-state index contributed by atoms with van der Waals surface area (Å²) in [6.45, 7) is 2.22. The van der Waals surface area contributed by atoms with Crippen LogP contribution in [0, 0.1) is 0 Å². The number of benzene rings is 2. The van der Waals surface area contributed by atoms with E-state index in [4.69, 9.17) is 4.74 Å². The molecule has 0 aliphatic carbocycles. The number of ether oxygens (including phenoxy) is 1. The normalized spacial score (nSPS) is 10.7. The number of esters is 1. The first-order chi connectivity index (χ1) is 9.79. The summed E-state index contributed by atoms with van der Waals surface area (Å²) in [5, 5.41) is 2.41. The lowest BCUT2D eigenvalue weighted by atomic mass is 10.0. The van der Waals surface area contributed by atoms with E-state index in [0.717, 1.165) is 10.4 Å². The van der Waals surface area contributed by atoms with E-state index in [9.17, 15) is 4.79 Å². The summed E-state index contributed by atoms with van der Waals surface area (Å²) in [5.74, 6) is -0.246. The second kappa shape index (κ2) is 5.47. The first-order valence-electron chi connectivity index (χ1n) is 6.54. The van der Waals surface area contributed by atoms with Crippen molar-refractivity contribution in [2.24, 2.45) is 0 Å². The predicted molar refractivity (Wildman–Crippen MR) is 83.2 cm³/mol. The van der Waals surface area contributed by atoms with Gasteiger partial charge in [0.25, 0.3) is 0 Å². The molecule has 0 amide bonds. The van der Waals surface area contributed by atoms with Crippen molar-refractivity contribution < 1.29 is 9.53 Å². The Morgan fingerprint density at radius 2 is 1.85 bits per heavy atom. The van der Waals surface area contributed by atoms with Crippen molar-refractivity contribution in [2.75, 3.05) is 6.61 Å². The van der Waals surface area contributed by atoms with Crippen molar-refractivity contribution >= 4 is 28.1 Å². The molecule has 0 atom stereocenters. The number of hydrogen-bond acceptors (Lipinski definition) is 3. The van der Waals surface area contributed by atoms with Gasteiger partial charge in [-0.1, -0.05) is 42.5 Å². The van der Waals surface area contributed by atoms with Crippen LogP contribution in [0.5, 0.6) is 0 Å². The van der Waals surface area contributed by atoms with Gasteiger partial charge in [0.15, 0.2) is 0 Å². The molecule has 1 aromatic heterocycles. The SMILES string of the molecule is CCOC(=O)c1ccc(-c2cccc3ccccc23)s1. The molecule has 1 heterocycles. The highest BCUT2D eigenvalue weighted by atomic mass is 32.1. The summed E-state index contributed by atoms with van der Waals surface area (Å²) in [6.07, 6.45) is 0. The molecule has 20 heavy (non-hydrogen) atoms. The van der Waals surface area contributed by atoms with Gasteiger partial charge in [-0.25, -0.2) is 4.79 Å². The minimum absolute atomic E-state index is 0.246. The van der Waals surface area contributed by atoms with Crippen LogP contribution in [0.1, 0.15) is 16.6 Å². The molecule has 0 aliphatic rings. The fourth-order valence-electron chi connectivity index (χ4n) is 2.23. The quantitative estimate of drug-likeness (QED) is 0.648. The van der Waals surface area contributed by atoms with E-state index in [1.165, 1.54) is 22.1 Å². The van der Waals surface area contributed by atoms with Gasteiger partial charge < -0.3 is 4.74 Å². The lowest BCUT2D eigenvalue weighted by molar-refractivity contribution is 0.0532. The van der Waals surface area contributed by atoms with Crippen LogP contribution in [0.25, 0.3) is 21.2 Å². The molecule has 0 N–H and O–H groups in total. The van der Waals surface area contributed by atoms with Gasteiger partial charge in [0.1, 0.15) is 4.88 Å². The lowest BCUT2D eigenvalue weighted by Gasteiger charge is -2.04. The van der Waals surface area contributed by atoms with E-state index >= 15 is 0 Å². The number of thiophene rings is 1. The minimum Gasteiger partial charge on any atom is -0.462 e. The maximum Gasteiger partial charge on any atom is 0.348 e. The molecule has 0 saturated heterocycles. The van der Waals surface area contributed by atoms with Crippen molar-refractivity contribution in [2.45, 2.75) is 6.92 Å². The van der Waals surface area contributed by atoms with Gasteiger partial charge in [-0.3, -0.25) is 0 Å². The minimum atomic E-state index is -0.246. The standard InChI is InChI=1S/C17H14O2S/c1-2-19-17(18)16-11-10-15(20-16)14-9-5-7-12-6-3-4-8-13(12)14/h3-11H,2H2,1H3. The molecule has 3 rings (SSSR count). The topological polar surface area (TPSA) is 26.3 Å². The number of carbonyl (C=O) groups is 1. The van der Waals surface area contributed by atoms with Gasteiger partial charge in [0, 0.05) is 4.88 Å². The molecule has 3 aromatic rings. The van der Waals surface area contributed by atoms with Gasteiger partial charge >= 0.3 is 5.97 Å². The van der Waals surface area contributed by atoms with Crippen LogP contribution in [0.3, 0.4) is 0 Å². The Bertz CT molecular complexity index is 753. The summed E-state index contributed by atoms with van der Waals surface area (Å²) < 4.78 is 5.04. The Morgan fingerprint density at radius 1 is 1.05 bits per heavy atom. The zero-order chi connectivity index (χ0) is 13.9. The molecule has 3 heteroatoms. The van der Waals surface area contributed by atoms with Crippen molar-refractivity contribution in [3.63, 3.8) is 0 Å². The van der Waals surface area contributed by atoms with Gasteiger partial charge in [-0.15, -0.1) is 11.3 Å². The van der Waals surface area contributed by atoms with Crippen molar-refractivity contribution in [1.29, 1.82) is 0 Å². The van der Waals surface area contributed by atoms with Gasteiger partial charge in [0.2, 0.25) is 0 Å². The van der Waals surface area contributed by atoms with Crippen molar-refractivity contribution in [3.8, 4) is 10.4 Å². The number of rotatable bonds is 3. The molecule has 0 saturated carbocycles. The fourth-order valence-corrected chi connectivity index (χ4v) is 3.17. The summed E-state index contributed by atoms with van der Waals surface area (Å²) in [7, 11) is 0. The third-order valence-electron chi connectivity index (χ3n) is 3.14. The summed E-state index contributed by atoms with van der Waals surface area (Å²) in [4.78, 5) is 13.5. The van der Waals surface area contributed by atoms with Gasteiger partial charge in [-0.2, -0.15) is 0 Å². The van der Waals surface area contributed by atoms with E-state index < -0.39 is 0 Å². The average Bonchev–Trinajstić information content (AvgIpc) is 2.97. The van der Waals surface area contributed by atoms with Crippen LogP contribution < -0.4 is 0 Å². The van der Waals surface area contributed by atoms with Gasteiger partial charge in [-0.05, 0) is 35.4 Å². The molecule has 100 valence electrons. The zero-order valence-electron chi connectivity index (χ0n) is 11.1. The van der Waals surface area contributed by atoms with Gasteiger partial charge in [0.05, 0.1) is 6.61 Å². The molecule has 0 spiro atoms. The van der Waals surface area contributed by atoms with Crippen molar-refractivity contribution in [3.05, 3.63) is 59.5 Å². The first kappa shape index (κ1) is 12.9. The first-order valence-corrected chi connectivity index (χ1v) is 7.36. The third-order valence-corrected chi connectivity index (χ3v) is 4.24. The molecule has 0 radical (unpaired) electrons. The number of fused-ring (bicyclic) bond motifs is 1. The fraction of sp³-hybridized carbons (Fsp3) is 0.118. The summed E-state index contributed by atoms with van der Waals surface area (Å²) >= 11 is 1.47. The summed E-state index contributed by atoms with van der Waals surface area (Å²) in [6, 6.07) is 18.3. The van der Waals surface area contributed by atoms with E-state index in [0.29, 0.717) is 11.5 Å². The Balaban J connectivity index is 2.06. The van der Waals surface area contributed by atoms with E-state index in [2.05, 4.69) is 24.3 Å². The van der Waals surface area contributed by atoms with Crippen LogP contribution >= 0.6 is 11.3 Å². The van der Waals surface area contributed by atoms with Crippen molar-refractivity contribution in [1.82, 2.24) is 0 Å². The van der Waals surface area contributed by atoms with Crippen LogP contribution in [0.15, 0.2) is 54.6 Å². The largest absolute Gasteiger partial charge is 0.462 e. The van der Waals surface area contributed by atoms with E-state index in [1.807, 2.05) is 37.3 Å². The predicted octanol–water partition coefficient (Wildman–Crippen LogP) is 4.75. The zero-order valence-corrected chi connectivity index (χ0v) is 11.9. The Morgan fingerprint density at radius 3 is 2.70 bits per heavy atom. The monoisotopic (exact) mass is 282 g/mol. The summed E-state index contributed by atoms with van der Waals surface area (Å²) in [5.41, 5.74) is 1.16. The third kappa shape index (κ3) is 2.32. The molecule has 0 fully saturated rings. The molecule has 0 aliphatic heterocycles. The number of hydrogen-bond donors (Lipinski definition) is 0. The second-order valence-electron chi connectivity index (χ2n) is 4.41. The molecule has 0 unspecified atom stereocenters. The van der Waals surface area contributed by atoms with Crippen LogP contribution in [0.4, 0.5) is 0 Å². The highest BCUT2D eigenvalue weighted by molar-refractivity contribution is 7.17. The lowest BCUT2D eigenvalue weighted by Crippen LogP contribution is -2.01. The molecule has 2 aromatic carbocycles. The highest BCUT2D eigenvalue weighted by Gasteiger charge is 2.12. The molecule has 2 nitrogen and oxygen atoms in total. The molecular weight excluding hydrogens is 268 g/mol. The van der Waals surface area contributed by atoms with E-state index in [1.54, 1.807) is 0 Å². The second-order valence-corrected chi connectivity index (χ2v) is 5.49. The maximum atomic E-state index is 11.7. The Labute approximate surface area is 121 Å². The Kier molecular flexibility index (Phi) is 3.52. The highest BCUT2D eigenvalue weighted by Crippen LogP contribution is 2.33. The van der Waals surface area contributed by atoms with Crippen LogP contribution in [-0.2, 0) is 4.74 Å². The number of carbonyl (C=O) groups excluding carboxylic acids is 1. The van der Waals surface area contributed by atoms with Crippen LogP contribution in [-0.4, -0.2) is 12.6 Å². The van der Waals surface area contributed by atoms with E-state index in [-0.39, 0.29) is 5.97 Å². The van der Waals surface area contributed by atoms with Crippen LogP contribution in [0.2, 0.25) is 0 Å². The smallest absolute Gasteiger partial charge is 0.348 e. The maximum absolute atomic E-state index is 11.7.